The third-order valence-electron chi connectivity index (χ3n) is 5.09. The highest BCUT2D eigenvalue weighted by atomic mass is 32.1. The summed E-state index contributed by atoms with van der Waals surface area (Å²) in [4.78, 5) is 38.7. The van der Waals surface area contributed by atoms with E-state index in [0.717, 1.165) is 10.1 Å². The number of benzene rings is 2. The molecule has 4 rings (SSSR count). The highest BCUT2D eigenvalue weighted by molar-refractivity contribution is 7.17. The number of aryl methyl sites for hydroxylation is 1. The van der Waals surface area contributed by atoms with Gasteiger partial charge in [-0.1, -0.05) is 18.2 Å². The van der Waals surface area contributed by atoms with Gasteiger partial charge in [0, 0.05) is 5.69 Å². The van der Waals surface area contributed by atoms with Gasteiger partial charge in [-0.25, -0.2) is 9.18 Å². The van der Waals surface area contributed by atoms with Crippen molar-refractivity contribution in [3.05, 3.63) is 91.7 Å². The molecule has 0 atom stereocenters. The van der Waals surface area contributed by atoms with Crippen molar-refractivity contribution in [3.63, 3.8) is 0 Å². The van der Waals surface area contributed by atoms with Crippen molar-refractivity contribution in [2.45, 2.75) is 20.0 Å². The van der Waals surface area contributed by atoms with Gasteiger partial charge in [-0.3, -0.25) is 18.7 Å². The number of thiophene rings is 1. The van der Waals surface area contributed by atoms with Gasteiger partial charge in [0.2, 0.25) is 5.91 Å². The molecule has 0 aliphatic carbocycles. The van der Waals surface area contributed by atoms with Crippen molar-refractivity contribution >= 4 is 33.1 Å². The number of hydrogen-bond donors (Lipinski definition) is 1. The van der Waals surface area contributed by atoms with Crippen molar-refractivity contribution in [2.24, 2.45) is 0 Å². The van der Waals surface area contributed by atoms with Crippen LogP contribution in [0.1, 0.15) is 11.1 Å². The average molecular weight is 453 g/mol. The summed E-state index contributed by atoms with van der Waals surface area (Å²) >= 11 is 1.21. The number of carbonyl (C=O) groups is 1. The number of ether oxygens (including phenoxy) is 1. The van der Waals surface area contributed by atoms with Crippen molar-refractivity contribution < 1.29 is 13.9 Å². The molecule has 7 nitrogen and oxygen atoms in total. The molecule has 0 bridgehead atoms. The molecule has 164 valence electrons. The molecular formula is C23H20FN3O4S. The van der Waals surface area contributed by atoms with Gasteiger partial charge in [-0.2, -0.15) is 0 Å². The first kappa shape index (κ1) is 21.5. The third-order valence-corrected chi connectivity index (χ3v) is 5.99. The first-order valence-electron chi connectivity index (χ1n) is 9.77. The monoisotopic (exact) mass is 453 g/mol. The largest absolute Gasteiger partial charge is 0.497 e. The summed E-state index contributed by atoms with van der Waals surface area (Å²) in [6.45, 7) is 1.37. The number of nitrogens with one attached hydrogen (secondary N) is 1. The number of carbonyl (C=O) groups excluding carboxylic acids is 1. The van der Waals surface area contributed by atoms with Crippen LogP contribution in [0.4, 0.5) is 10.1 Å². The number of amides is 1. The van der Waals surface area contributed by atoms with Gasteiger partial charge >= 0.3 is 5.69 Å². The molecule has 32 heavy (non-hydrogen) atoms. The van der Waals surface area contributed by atoms with Crippen molar-refractivity contribution in [1.82, 2.24) is 9.13 Å². The minimum Gasteiger partial charge on any atom is -0.497 e. The fraction of sp³-hybridized carbons (Fsp3) is 0.174. The van der Waals surface area contributed by atoms with Crippen LogP contribution in [-0.2, 0) is 17.9 Å². The van der Waals surface area contributed by atoms with Crippen LogP contribution in [0, 0.1) is 12.7 Å². The van der Waals surface area contributed by atoms with Gasteiger partial charge in [0.15, 0.2) is 0 Å². The zero-order valence-corrected chi connectivity index (χ0v) is 18.2. The van der Waals surface area contributed by atoms with E-state index in [9.17, 15) is 18.8 Å². The summed E-state index contributed by atoms with van der Waals surface area (Å²) in [5.41, 5.74) is 0.882. The van der Waals surface area contributed by atoms with Gasteiger partial charge < -0.3 is 10.1 Å². The van der Waals surface area contributed by atoms with E-state index in [0.29, 0.717) is 27.2 Å². The number of anilines is 1. The first-order valence-corrected chi connectivity index (χ1v) is 10.6. The Bertz CT molecular complexity index is 1420. The van der Waals surface area contributed by atoms with Crippen molar-refractivity contribution in [2.75, 3.05) is 12.4 Å². The first-order chi connectivity index (χ1) is 15.4. The van der Waals surface area contributed by atoms with Crippen LogP contribution in [0.5, 0.6) is 5.75 Å². The summed E-state index contributed by atoms with van der Waals surface area (Å²) in [5.74, 6) is -0.276. The van der Waals surface area contributed by atoms with E-state index < -0.39 is 23.0 Å². The normalized spacial score (nSPS) is 11.0. The summed E-state index contributed by atoms with van der Waals surface area (Å²) in [6.07, 6.45) is 0. The van der Waals surface area contributed by atoms with Gasteiger partial charge in [-0.05, 0) is 53.8 Å². The van der Waals surface area contributed by atoms with E-state index in [1.54, 1.807) is 61.9 Å². The van der Waals surface area contributed by atoms with Crippen LogP contribution in [-0.4, -0.2) is 22.2 Å². The van der Waals surface area contributed by atoms with Crippen LogP contribution < -0.4 is 21.3 Å². The lowest BCUT2D eigenvalue weighted by molar-refractivity contribution is -0.116. The SMILES string of the molecule is COc1ccc(Cn2c(=O)c3sccc3n(CC(=O)Nc3ccc(C)c(F)c3)c2=O)cc1. The quantitative estimate of drug-likeness (QED) is 0.485. The van der Waals surface area contributed by atoms with Crippen LogP contribution in [0.2, 0.25) is 0 Å². The maximum Gasteiger partial charge on any atom is 0.332 e. The molecular weight excluding hydrogens is 433 g/mol. The molecule has 0 fully saturated rings. The van der Waals surface area contributed by atoms with E-state index in [2.05, 4.69) is 5.32 Å². The van der Waals surface area contributed by atoms with Crippen LogP contribution in [0.15, 0.2) is 63.5 Å². The molecule has 2 aromatic heterocycles. The Balaban J connectivity index is 1.68. The Kier molecular flexibility index (Phi) is 5.91. The van der Waals surface area contributed by atoms with Gasteiger partial charge in [0.05, 0.1) is 19.2 Å². The zero-order chi connectivity index (χ0) is 22.8. The Morgan fingerprint density at radius 1 is 1.09 bits per heavy atom. The van der Waals surface area contributed by atoms with Crippen LogP contribution in [0.25, 0.3) is 10.2 Å². The predicted octanol–water partition coefficient (Wildman–Crippen LogP) is 3.37. The number of fused-ring (bicyclic) bond motifs is 1. The molecule has 0 aliphatic heterocycles. The fourth-order valence-corrected chi connectivity index (χ4v) is 4.20. The molecule has 0 aliphatic rings. The third kappa shape index (κ3) is 4.19. The molecule has 0 saturated carbocycles. The van der Waals surface area contributed by atoms with E-state index in [1.165, 1.54) is 22.0 Å². The number of hydrogen-bond acceptors (Lipinski definition) is 5. The lowest BCUT2D eigenvalue weighted by Gasteiger charge is -2.13. The number of rotatable bonds is 6. The lowest BCUT2D eigenvalue weighted by atomic mass is 10.2. The number of halogens is 1. The highest BCUT2D eigenvalue weighted by Crippen LogP contribution is 2.17. The minimum absolute atomic E-state index is 0.0558. The predicted molar refractivity (Wildman–Crippen MR) is 122 cm³/mol. The second-order valence-corrected chi connectivity index (χ2v) is 8.17. The van der Waals surface area contributed by atoms with E-state index in [1.807, 2.05) is 0 Å². The van der Waals surface area contributed by atoms with Gasteiger partial charge in [0.1, 0.15) is 22.8 Å². The molecule has 1 N–H and O–H groups in total. The van der Waals surface area contributed by atoms with Gasteiger partial charge in [0.25, 0.3) is 5.56 Å². The Morgan fingerprint density at radius 2 is 1.84 bits per heavy atom. The molecule has 0 unspecified atom stereocenters. The molecule has 2 heterocycles. The summed E-state index contributed by atoms with van der Waals surface area (Å²) in [7, 11) is 1.55. The molecule has 0 radical (unpaired) electrons. The number of nitrogens with zero attached hydrogens (tertiary/aromatic N) is 2. The highest BCUT2D eigenvalue weighted by Gasteiger charge is 2.17. The number of aromatic nitrogens is 2. The number of methoxy groups -OCH3 is 1. The van der Waals surface area contributed by atoms with E-state index in [4.69, 9.17) is 4.74 Å². The average Bonchev–Trinajstić information content (AvgIpc) is 3.27. The Labute approximate surface area is 186 Å². The van der Waals surface area contributed by atoms with Crippen LogP contribution >= 0.6 is 11.3 Å². The molecule has 2 aromatic carbocycles. The standard InChI is InChI=1S/C23H20FN3O4S/c1-14-3-6-16(11-18(14)24)25-20(28)13-26-19-9-10-32-21(19)22(29)27(23(26)30)12-15-4-7-17(31-2)8-5-15/h3-11H,12-13H2,1-2H3,(H,25,28). The minimum atomic E-state index is -0.595. The summed E-state index contributed by atoms with van der Waals surface area (Å²) < 4.78 is 21.7. The second kappa shape index (κ2) is 8.80. The van der Waals surface area contributed by atoms with E-state index in [-0.39, 0.29) is 13.1 Å². The molecule has 4 aromatic rings. The Morgan fingerprint density at radius 3 is 2.53 bits per heavy atom. The smallest absolute Gasteiger partial charge is 0.332 e. The fourth-order valence-electron chi connectivity index (χ4n) is 3.35. The maximum absolute atomic E-state index is 13.8. The van der Waals surface area contributed by atoms with Crippen molar-refractivity contribution in [1.29, 1.82) is 0 Å². The molecule has 0 saturated heterocycles. The van der Waals surface area contributed by atoms with E-state index >= 15 is 0 Å². The second-order valence-electron chi connectivity index (χ2n) is 7.26. The zero-order valence-electron chi connectivity index (χ0n) is 17.4. The maximum atomic E-state index is 13.8. The summed E-state index contributed by atoms with van der Waals surface area (Å²) in [6, 6.07) is 13.0. The van der Waals surface area contributed by atoms with Gasteiger partial charge in [-0.15, -0.1) is 11.3 Å². The lowest BCUT2D eigenvalue weighted by Crippen LogP contribution is -2.41. The van der Waals surface area contributed by atoms with Crippen LogP contribution in [0.3, 0.4) is 0 Å². The van der Waals surface area contributed by atoms with Crippen molar-refractivity contribution in [3.8, 4) is 5.75 Å². The molecule has 0 spiro atoms. The topological polar surface area (TPSA) is 82.3 Å². The molecule has 1 amide bonds. The molecule has 9 heteroatoms. The Hall–Kier alpha value is -3.72. The summed E-state index contributed by atoms with van der Waals surface area (Å²) in [5, 5.41) is 4.30.